The van der Waals surface area contributed by atoms with Gasteiger partial charge in [0, 0.05) is 10.6 Å². The quantitative estimate of drug-likeness (QED) is 0.876. The number of nitrogens with two attached hydrogens (primary N) is 1. The number of aromatic amines is 1. The number of aromatic nitrogens is 2. The molecule has 90 valence electrons. The van der Waals surface area contributed by atoms with Gasteiger partial charge < -0.3 is 10.7 Å². The molecule has 1 aromatic heterocycles. The first-order valence-corrected chi connectivity index (χ1v) is 6.02. The van der Waals surface area contributed by atoms with Gasteiger partial charge >= 0.3 is 0 Å². The van der Waals surface area contributed by atoms with Gasteiger partial charge in [-0.2, -0.15) is 0 Å². The average molecular weight is 250 g/mol. The molecule has 0 fully saturated rings. The SMILES string of the molecule is CC(C)C(N)c1ncc(-c2ccccc2Cl)[nH]1. The number of halogens is 1. The minimum atomic E-state index is -0.0776. The Morgan fingerprint density at radius 2 is 2.00 bits per heavy atom. The van der Waals surface area contributed by atoms with Crippen LogP contribution in [0.5, 0.6) is 0 Å². The zero-order chi connectivity index (χ0) is 12.4. The van der Waals surface area contributed by atoms with E-state index in [1.807, 2.05) is 24.3 Å². The van der Waals surface area contributed by atoms with Crippen LogP contribution in [0, 0.1) is 5.92 Å². The van der Waals surface area contributed by atoms with E-state index in [-0.39, 0.29) is 6.04 Å². The Bertz CT molecular complexity index is 505. The number of rotatable bonds is 3. The van der Waals surface area contributed by atoms with Crippen LogP contribution >= 0.6 is 11.6 Å². The van der Waals surface area contributed by atoms with Gasteiger partial charge in [-0.05, 0) is 12.0 Å². The first-order chi connectivity index (χ1) is 8.09. The second-order valence-electron chi connectivity index (χ2n) is 4.43. The fourth-order valence-electron chi connectivity index (χ4n) is 1.64. The van der Waals surface area contributed by atoms with Crippen molar-refractivity contribution in [2.75, 3.05) is 0 Å². The summed E-state index contributed by atoms with van der Waals surface area (Å²) in [5, 5.41) is 0.709. The molecule has 3 nitrogen and oxygen atoms in total. The summed E-state index contributed by atoms with van der Waals surface area (Å²) >= 11 is 6.13. The van der Waals surface area contributed by atoms with Crippen LogP contribution in [-0.2, 0) is 0 Å². The van der Waals surface area contributed by atoms with Crippen LogP contribution in [0.4, 0.5) is 0 Å². The van der Waals surface area contributed by atoms with Crippen LogP contribution in [0.25, 0.3) is 11.3 Å². The minimum absolute atomic E-state index is 0.0776. The standard InChI is InChI=1S/C13H16ClN3/c1-8(2)12(15)13-16-7-11(17-13)9-5-3-4-6-10(9)14/h3-8,12H,15H2,1-2H3,(H,16,17). The molecule has 0 radical (unpaired) electrons. The maximum Gasteiger partial charge on any atom is 0.123 e. The summed E-state index contributed by atoms with van der Waals surface area (Å²) in [6.07, 6.45) is 1.78. The summed E-state index contributed by atoms with van der Waals surface area (Å²) in [4.78, 5) is 7.55. The topological polar surface area (TPSA) is 54.7 Å². The normalized spacial score (nSPS) is 13.0. The Balaban J connectivity index is 2.34. The van der Waals surface area contributed by atoms with E-state index in [4.69, 9.17) is 17.3 Å². The second kappa shape index (κ2) is 4.90. The molecule has 1 aromatic carbocycles. The number of nitrogens with zero attached hydrogens (tertiary/aromatic N) is 1. The van der Waals surface area contributed by atoms with Gasteiger partial charge in [-0.3, -0.25) is 0 Å². The van der Waals surface area contributed by atoms with E-state index in [1.54, 1.807) is 6.20 Å². The third kappa shape index (κ3) is 2.51. The van der Waals surface area contributed by atoms with E-state index in [9.17, 15) is 0 Å². The highest BCUT2D eigenvalue weighted by molar-refractivity contribution is 6.33. The lowest BCUT2D eigenvalue weighted by molar-refractivity contribution is 0.494. The first kappa shape index (κ1) is 12.1. The molecular weight excluding hydrogens is 234 g/mol. The van der Waals surface area contributed by atoms with Crippen molar-refractivity contribution in [2.24, 2.45) is 11.7 Å². The van der Waals surface area contributed by atoms with E-state index in [0.29, 0.717) is 10.9 Å². The molecule has 0 aliphatic rings. The molecule has 1 heterocycles. The first-order valence-electron chi connectivity index (χ1n) is 5.65. The second-order valence-corrected chi connectivity index (χ2v) is 4.84. The molecule has 1 unspecified atom stereocenters. The minimum Gasteiger partial charge on any atom is -0.341 e. The number of imidazole rings is 1. The number of hydrogen-bond donors (Lipinski definition) is 2. The average Bonchev–Trinajstić information content (AvgIpc) is 2.77. The van der Waals surface area contributed by atoms with Crippen molar-refractivity contribution in [3.63, 3.8) is 0 Å². The number of H-pyrrole nitrogens is 1. The van der Waals surface area contributed by atoms with Crippen molar-refractivity contribution in [2.45, 2.75) is 19.9 Å². The van der Waals surface area contributed by atoms with Crippen molar-refractivity contribution in [1.82, 2.24) is 9.97 Å². The summed E-state index contributed by atoms with van der Waals surface area (Å²) in [6.45, 7) is 4.14. The smallest absolute Gasteiger partial charge is 0.123 e. The van der Waals surface area contributed by atoms with Crippen LogP contribution < -0.4 is 5.73 Å². The highest BCUT2D eigenvalue weighted by Crippen LogP contribution is 2.27. The number of benzene rings is 1. The molecule has 2 aromatic rings. The Morgan fingerprint density at radius 3 is 2.65 bits per heavy atom. The fourth-order valence-corrected chi connectivity index (χ4v) is 1.88. The maximum atomic E-state index is 6.13. The monoisotopic (exact) mass is 249 g/mol. The molecule has 0 saturated carbocycles. The van der Waals surface area contributed by atoms with Gasteiger partial charge in [-0.15, -0.1) is 0 Å². The molecular formula is C13H16ClN3. The van der Waals surface area contributed by atoms with E-state index in [0.717, 1.165) is 17.1 Å². The zero-order valence-corrected chi connectivity index (χ0v) is 10.7. The van der Waals surface area contributed by atoms with Crippen LogP contribution in [0.1, 0.15) is 25.7 Å². The molecule has 0 bridgehead atoms. The molecule has 17 heavy (non-hydrogen) atoms. The molecule has 0 aliphatic carbocycles. The van der Waals surface area contributed by atoms with Gasteiger partial charge in [0.1, 0.15) is 5.82 Å². The lowest BCUT2D eigenvalue weighted by Gasteiger charge is -2.12. The molecule has 3 N–H and O–H groups in total. The number of hydrogen-bond acceptors (Lipinski definition) is 2. The maximum absolute atomic E-state index is 6.13. The third-order valence-electron chi connectivity index (χ3n) is 2.79. The van der Waals surface area contributed by atoms with E-state index < -0.39 is 0 Å². The Labute approximate surface area is 106 Å². The van der Waals surface area contributed by atoms with E-state index >= 15 is 0 Å². The molecule has 0 spiro atoms. The predicted octanol–water partition coefficient (Wildman–Crippen LogP) is 3.39. The van der Waals surface area contributed by atoms with Gasteiger partial charge in [0.25, 0.3) is 0 Å². The molecule has 4 heteroatoms. The Kier molecular flexibility index (Phi) is 3.50. The summed E-state index contributed by atoms with van der Waals surface area (Å²) < 4.78 is 0. The van der Waals surface area contributed by atoms with Crippen molar-refractivity contribution >= 4 is 11.6 Å². The molecule has 1 atom stereocenters. The zero-order valence-electron chi connectivity index (χ0n) is 9.94. The van der Waals surface area contributed by atoms with Gasteiger partial charge in [0.05, 0.1) is 17.9 Å². The van der Waals surface area contributed by atoms with Gasteiger partial charge in [-0.25, -0.2) is 4.98 Å². The fraction of sp³-hybridized carbons (Fsp3) is 0.308. The highest BCUT2D eigenvalue weighted by Gasteiger charge is 2.15. The van der Waals surface area contributed by atoms with E-state index in [1.165, 1.54) is 0 Å². The van der Waals surface area contributed by atoms with Crippen LogP contribution in [-0.4, -0.2) is 9.97 Å². The van der Waals surface area contributed by atoms with Crippen molar-refractivity contribution in [3.8, 4) is 11.3 Å². The summed E-state index contributed by atoms with van der Waals surface area (Å²) in [5.41, 5.74) is 7.89. The van der Waals surface area contributed by atoms with Crippen molar-refractivity contribution in [3.05, 3.63) is 41.3 Å². The Morgan fingerprint density at radius 1 is 1.29 bits per heavy atom. The Hall–Kier alpha value is -1.32. The van der Waals surface area contributed by atoms with Crippen molar-refractivity contribution in [1.29, 1.82) is 0 Å². The van der Waals surface area contributed by atoms with Crippen LogP contribution in [0.15, 0.2) is 30.5 Å². The van der Waals surface area contributed by atoms with Crippen LogP contribution in [0.2, 0.25) is 5.02 Å². The molecule has 0 saturated heterocycles. The summed E-state index contributed by atoms with van der Waals surface area (Å²) in [7, 11) is 0. The largest absolute Gasteiger partial charge is 0.341 e. The van der Waals surface area contributed by atoms with Gasteiger partial charge in [0.2, 0.25) is 0 Å². The number of nitrogens with one attached hydrogen (secondary N) is 1. The lowest BCUT2D eigenvalue weighted by atomic mass is 10.1. The molecule has 0 aliphatic heterocycles. The van der Waals surface area contributed by atoms with Crippen LogP contribution in [0.3, 0.4) is 0 Å². The van der Waals surface area contributed by atoms with Gasteiger partial charge in [0.15, 0.2) is 0 Å². The summed E-state index contributed by atoms with van der Waals surface area (Å²) in [6, 6.07) is 7.60. The molecule has 2 rings (SSSR count). The van der Waals surface area contributed by atoms with Crippen molar-refractivity contribution < 1.29 is 0 Å². The van der Waals surface area contributed by atoms with Gasteiger partial charge in [-0.1, -0.05) is 43.6 Å². The highest BCUT2D eigenvalue weighted by atomic mass is 35.5. The van der Waals surface area contributed by atoms with E-state index in [2.05, 4.69) is 23.8 Å². The molecule has 0 amide bonds. The lowest BCUT2D eigenvalue weighted by Crippen LogP contribution is -2.18. The summed E-state index contributed by atoms with van der Waals surface area (Å²) in [5.74, 6) is 1.15. The third-order valence-corrected chi connectivity index (χ3v) is 3.12. The predicted molar refractivity (Wildman–Crippen MR) is 70.8 cm³/mol.